The average molecular weight is 301 g/mol. The molecule has 1 atom stereocenters. The zero-order valence-electron chi connectivity index (χ0n) is 10.7. The molecule has 0 fully saturated rings. The molecule has 0 aliphatic heterocycles. The van der Waals surface area contributed by atoms with Gasteiger partial charge in [-0.15, -0.1) is 11.8 Å². The molecule has 4 nitrogen and oxygen atoms in total. The molecule has 2 amide bonds. The normalized spacial score (nSPS) is 11.9. The van der Waals surface area contributed by atoms with Crippen LogP contribution < -0.4 is 11.1 Å². The van der Waals surface area contributed by atoms with E-state index < -0.39 is 5.91 Å². The highest BCUT2D eigenvalue weighted by molar-refractivity contribution is 8.00. The van der Waals surface area contributed by atoms with E-state index in [1.165, 1.54) is 11.8 Å². The second-order valence-electron chi connectivity index (χ2n) is 4.08. The number of rotatable bonds is 6. The Hall–Kier alpha value is -1.04. The molecule has 0 saturated carbocycles. The molecule has 1 unspecified atom stereocenters. The molecule has 0 saturated heterocycles. The minimum Gasteiger partial charge on any atom is -0.330 e. The number of nitrogens with two attached hydrogens (primary N) is 1. The van der Waals surface area contributed by atoms with Gasteiger partial charge in [0, 0.05) is 15.8 Å². The van der Waals surface area contributed by atoms with Crippen molar-refractivity contribution < 1.29 is 9.59 Å². The van der Waals surface area contributed by atoms with Crippen LogP contribution in [0.1, 0.15) is 23.7 Å². The molecule has 3 N–H and O–H groups in total. The first-order chi connectivity index (χ1) is 9.02. The molecule has 1 aromatic carbocycles. The van der Waals surface area contributed by atoms with Crippen molar-refractivity contribution >= 4 is 35.2 Å². The summed E-state index contributed by atoms with van der Waals surface area (Å²) >= 11 is 7.21. The van der Waals surface area contributed by atoms with E-state index in [9.17, 15) is 9.59 Å². The van der Waals surface area contributed by atoms with E-state index in [1.54, 1.807) is 24.3 Å². The third kappa shape index (κ3) is 6.09. The van der Waals surface area contributed by atoms with Gasteiger partial charge in [-0.05, 0) is 37.2 Å². The molecule has 0 bridgehead atoms. The van der Waals surface area contributed by atoms with Crippen LogP contribution in [0, 0.1) is 0 Å². The lowest BCUT2D eigenvalue weighted by Gasteiger charge is -2.09. The average Bonchev–Trinajstić information content (AvgIpc) is 2.37. The molecule has 6 heteroatoms. The van der Waals surface area contributed by atoms with Gasteiger partial charge in [0.15, 0.2) is 0 Å². The minimum atomic E-state index is -0.409. The van der Waals surface area contributed by atoms with E-state index in [0.717, 1.165) is 6.42 Å². The lowest BCUT2D eigenvalue weighted by molar-refractivity contribution is -0.117. The first kappa shape index (κ1) is 16.0. The number of nitrogens with one attached hydrogen (secondary N) is 1. The van der Waals surface area contributed by atoms with Gasteiger partial charge in [0.1, 0.15) is 0 Å². The van der Waals surface area contributed by atoms with Crippen LogP contribution in [0.15, 0.2) is 24.3 Å². The Morgan fingerprint density at radius 3 is 2.58 bits per heavy atom. The van der Waals surface area contributed by atoms with Crippen molar-refractivity contribution in [1.29, 1.82) is 0 Å². The lowest BCUT2D eigenvalue weighted by atomic mass is 10.2. The highest BCUT2D eigenvalue weighted by Crippen LogP contribution is 2.13. The number of imide groups is 1. The maximum atomic E-state index is 11.7. The maximum Gasteiger partial charge on any atom is 0.257 e. The standard InChI is InChI=1S/C13H17ClN2O2S/c1-9(6-7-15)19-8-12(17)16-13(18)10-2-4-11(14)5-3-10/h2-5,9H,6-8,15H2,1H3,(H,16,17,18). The number of carbonyl (C=O) groups is 2. The number of hydrogen-bond acceptors (Lipinski definition) is 4. The number of amides is 2. The predicted molar refractivity (Wildman–Crippen MR) is 79.5 cm³/mol. The number of benzene rings is 1. The smallest absolute Gasteiger partial charge is 0.257 e. The highest BCUT2D eigenvalue weighted by Gasteiger charge is 2.11. The quantitative estimate of drug-likeness (QED) is 0.843. The van der Waals surface area contributed by atoms with Crippen molar-refractivity contribution in [2.75, 3.05) is 12.3 Å². The number of halogens is 1. The number of thioether (sulfide) groups is 1. The molecule has 1 aromatic rings. The van der Waals surface area contributed by atoms with Gasteiger partial charge >= 0.3 is 0 Å². The van der Waals surface area contributed by atoms with Gasteiger partial charge in [-0.3, -0.25) is 14.9 Å². The van der Waals surface area contributed by atoms with E-state index in [0.29, 0.717) is 22.4 Å². The molecule has 0 heterocycles. The highest BCUT2D eigenvalue weighted by atomic mass is 35.5. The van der Waals surface area contributed by atoms with Crippen LogP contribution in [-0.4, -0.2) is 29.4 Å². The Labute approximate surface area is 122 Å². The summed E-state index contributed by atoms with van der Waals surface area (Å²) in [4.78, 5) is 23.3. The van der Waals surface area contributed by atoms with Crippen LogP contribution in [-0.2, 0) is 4.79 Å². The van der Waals surface area contributed by atoms with Crippen molar-refractivity contribution in [1.82, 2.24) is 5.32 Å². The Kier molecular flexibility index (Phi) is 6.91. The van der Waals surface area contributed by atoms with Crippen LogP contribution in [0.5, 0.6) is 0 Å². The first-order valence-electron chi connectivity index (χ1n) is 5.94. The molecule has 0 aliphatic carbocycles. The molecule has 0 aliphatic rings. The third-order valence-electron chi connectivity index (χ3n) is 2.43. The van der Waals surface area contributed by atoms with Crippen LogP contribution >= 0.6 is 23.4 Å². The van der Waals surface area contributed by atoms with Gasteiger partial charge < -0.3 is 5.73 Å². The van der Waals surface area contributed by atoms with Crippen LogP contribution in [0.3, 0.4) is 0 Å². The summed E-state index contributed by atoms with van der Waals surface area (Å²) in [5.41, 5.74) is 5.84. The Morgan fingerprint density at radius 2 is 2.00 bits per heavy atom. The zero-order valence-corrected chi connectivity index (χ0v) is 12.3. The van der Waals surface area contributed by atoms with Crippen molar-refractivity contribution in [3.8, 4) is 0 Å². The molecule has 0 radical (unpaired) electrons. The summed E-state index contributed by atoms with van der Waals surface area (Å²) in [5, 5.41) is 3.20. The van der Waals surface area contributed by atoms with E-state index in [4.69, 9.17) is 17.3 Å². The fourth-order valence-corrected chi connectivity index (χ4v) is 2.31. The van der Waals surface area contributed by atoms with Crippen LogP contribution in [0.25, 0.3) is 0 Å². The van der Waals surface area contributed by atoms with E-state index in [-0.39, 0.29) is 11.7 Å². The molecule has 19 heavy (non-hydrogen) atoms. The van der Waals surface area contributed by atoms with Crippen molar-refractivity contribution in [2.24, 2.45) is 5.73 Å². The molecular weight excluding hydrogens is 284 g/mol. The fourth-order valence-electron chi connectivity index (χ4n) is 1.37. The summed E-state index contributed by atoms with van der Waals surface area (Å²) in [7, 11) is 0. The maximum absolute atomic E-state index is 11.7. The number of hydrogen-bond donors (Lipinski definition) is 2. The van der Waals surface area contributed by atoms with Gasteiger partial charge in [-0.25, -0.2) is 0 Å². The molecule has 104 valence electrons. The summed E-state index contributed by atoms with van der Waals surface area (Å²) in [6, 6.07) is 6.38. The van der Waals surface area contributed by atoms with Crippen molar-refractivity contribution in [3.05, 3.63) is 34.9 Å². The first-order valence-corrected chi connectivity index (χ1v) is 7.37. The van der Waals surface area contributed by atoms with Gasteiger partial charge in [-0.2, -0.15) is 0 Å². The van der Waals surface area contributed by atoms with Gasteiger partial charge in [0.05, 0.1) is 5.75 Å². The molecule has 0 aromatic heterocycles. The number of carbonyl (C=O) groups excluding carboxylic acids is 2. The Bertz CT molecular complexity index is 437. The molecule has 0 spiro atoms. The Morgan fingerprint density at radius 1 is 1.37 bits per heavy atom. The lowest BCUT2D eigenvalue weighted by Crippen LogP contribution is -2.32. The second kappa shape index (κ2) is 8.19. The predicted octanol–water partition coefficient (Wildman–Crippen LogP) is 2.07. The summed E-state index contributed by atoms with van der Waals surface area (Å²) in [5.74, 6) is -0.455. The van der Waals surface area contributed by atoms with Gasteiger partial charge in [0.25, 0.3) is 5.91 Å². The third-order valence-corrected chi connectivity index (χ3v) is 3.92. The van der Waals surface area contributed by atoms with E-state index in [2.05, 4.69) is 5.32 Å². The Balaban J connectivity index is 2.40. The van der Waals surface area contributed by atoms with Gasteiger partial charge in [0.2, 0.25) is 5.91 Å². The minimum absolute atomic E-state index is 0.250. The zero-order chi connectivity index (χ0) is 14.3. The van der Waals surface area contributed by atoms with E-state index in [1.807, 2.05) is 6.92 Å². The molecular formula is C13H17ClN2O2S. The van der Waals surface area contributed by atoms with Gasteiger partial charge in [-0.1, -0.05) is 18.5 Å². The summed E-state index contributed by atoms with van der Waals surface area (Å²) in [6.07, 6.45) is 0.850. The fraction of sp³-hybridized carbons (Fsp3) is 0.385. The van der Waals surface area contributed by atoms with Crippen LogP contribution in [0.4, 0.5) is 0 Å². The second-order valence-corrected chi connectivity index (χ2v) is 5.95. The largest absolute Gasteiger partial charge is 0.330 e. The summed E-state index contributed by atoms with van der Waals surface area (Å²) < 4.78 is 0. The van der Waals surface area contributed by atoms with E-state index >= 15 is 0 Å². The van der Waals surface area contributed by atoms with Crippen molar-refractivity contribution in [2.45, 2.75) is 18.6 Å². The SMILES string of the molecule is CC(CCN)SCC(=O)NC(=O)c1ccc(Cl)cc1. The topological polar surface area (TPSA) is 72.2 Å². The summed E-state index contributed by atoms with van der Waals surface area (Å²) in [6.45, 7) is 2.60. The molecule has 1 rings (SSSR count). The monoisotopic (exact) mass is 300 g/mol. The van der Waals surface area contributed by atoms with Crippen molar-refractivity contribution in [3.63, 3.8) is 0 Å². The van der Waals surface area contributed by atoms with Crippen LogP contribution in [0.2, 0.25) is 5.02 Å².